The van der Waals surface area contributed by atoms with Crippen LogP contribution in [0.25, 0.3) is 5.57 Å². The van der Waals surface area contributed by atoms with Crippen molar-refractivity contribution in [2.24, 2.45) is 5.73 Å². The molecule has 0 spiro atoms. The van der Waals surface area contributed by atoms with Crippen molar-refractivity contribution in [1.82, 2.24) is 0 Å². The second-order valence-electron chi connectivity index (χ2n) is 6.74. The fourth-order valence-electron chi connectivity index (χ4n) is 2.95. The van der Waals surface area contributed by atoms with E-state index in [9.17, 15) is 18.7 Å². The number of carboxylic acids is 1. The van der Waals surface area contributed by atoms with E-state index >= 15 is 0 Å². The number of aliphatic carboxylic acids is 1. The molecular weight excluding hydrogens is 411 g/mol. The van der Waals surface area contributed by atoms with Crippen LogP contribution in [0.15, 0.2) is 78.9 Å². The van der Waals surface area contributed by atoms with Crippen molar-refractivity contribution < 1.29 is 53.0 Å². The number of halogens is 2. The first-order chi connectivity index (χ1) is 14.4. The van der Waals surface area contributed by atoms with E-state index in [1.807, 2.05) is 42.5 Å². The van der Waals surface area contributed by atoms with Gasteiger partial charge in [0.2, 0.25) is 0 Å². The molecule has 0 heterocycles. The molecule has 0 aliphatic rings. The molecule has 1 unspecified atom stereocenters. The number of nitrogens with two attached hydrogens (primary N) is 1. The Balaban J connectivity index is 0.00000341. The molecule has 3 rings (SSSR count). The molecule has 0 saturated heterocycles. The number of hydrogen-bond acceptors (Lipinski definition) is 4. The van der Waals surface area contributed by atoms with Gasteiger partial charge in [-0.25, -0.2) is 8.78 Å². The minimum Gasteiger partial charge on any atom is -0.548 e. The maximum Gasteiger partial charge on any atom is 1.00 e. The van der Waals surface area contributed by atoms with Crippen LogP contribution in [-0.2, 0) is 11.4 Å². The number of carboxylic acid groups (broad SMARTS) is 1. The van der Waals surface area contributed by atoms with Gasteiger partial charge in [-0.15, -0.1) is 0 Å². The molecule has 0 aliphatic heterocycles. The average Bonchev–Trinajstić information content (AvgIpc) is 2.73. The van der Waals surface area contributed by atoms with E-state index in [4.69, 9.17) is 10.5 Å². The molecule has 3 aromatic rings. The quantitative estimate of drug-likeness (QED) is 0.526. The van der Waals surface area contributed by atoms with E-state index in [2.05, 4.69) is 0 Å². The minimum absolute atomic E-state index is 0. The number of ether oxygens (including phenoxy) is 1. The Morgan fingerprint density at radius 3 is 2.13 bits per heavy atom. The third-order valence-corrected chi connectivity index (χ3v) is 4.46. The van der Waals surface area contributed by atoms with Gasteiger partial charge in [0.15, 0.2) is 0 Å². The number of rotatable bonds is 8. The van der Waals surface area contributed by atoms with Crippen LogP contribution in [0.3, 0.4) is 0 Å². The first kappa shape index (κ1) is 24.8. The summed E-state index contributed by atoms with van der Waals surface area (Å²) in [5, 5.41) is 10.9. The van der Waals surface area contributed by atoms with Crippen molar-refractivity contribution in [1.29, 1.82) is 0 Å². The van der Waals surface area contributed by atoms with Crippen LogP contribution < -0.4 is 45.1 Å². The maximum absolute atomic E-state index is 13.3. The van der Waals surface area contributed by atoms with Crippen LogP contribution in [0.2, 0.25) is 0 Å². The van der Waals surface area contributed by atoms with Gasteiger partial charge in [-0.05, 0) is 52.9 Å². The molecule has 0 bridgehead atoms. The van der Waals surface area contributed by atoms with E-state index < -0.39 is 23.6 Å². The molecular formula is C24H20F2NNaO3. The molecule has 0 aromatic heterocycles. The Morgan fingerprint density at radius 2 is 1.55 bits per heavy atom. The Morgan fingerprint density at radius 1 is 0.968 bits per heavy atom. The molecule has 3 aromatic carbocycles. The third-order valence-electron chi connectivity index (χ3n) is 4.46. The Bertz CT molecular complexity index is 1020. The summed E-state index contributed by atoms with van der Waals surface area (Å²) in [5.41, 5.74) is 8.55. The smallest absolute Gasteiger partial charge is 0.548 e. The maximum atomic E-state index is 13.3. The van der Waals surface area contributed by atoms with Gasteiger partial charge in [-0.1, -0.05) is 48.5 Å². The van der Waals surface area contributed by atoms with Gasteiger partial charge in [0.05, 0.1) is 5.97 Å². The van der Waals surface area contributed by atoms with Crippen LogP contribution in [0.5, 0.6) is 5.75 Å². The molecule has 31 heavy (non-hydrogen) atoms. The van der Waals surface area contributed by atoms with E-state index in [1.165, 1.54) is 12.1 Å². The van der Waals surface area contributed by atoms with Crippen LogP contribution in [0.1, 0.15) is 23.1 Å². The van der Waals surface area contributed by atoms with Gasteiger partial charge in [0.1, 0.15) is 24.0 Å². The fourth-order valence-corrected chi connectivity index (χ4v) is 2.95. The summed E-state index contributed by atoms with van der Waals surface area (Å²) >= 11 is 0. The Hall–Kier alpha value is -2.51. The molecule has 154 valence electrons. The van der Waals surface area contributed by atoms with E-state index in [0.29, 0.717) is 11.3 Å². The summed E-state index contributed by atoms with van der Waals surface area (Å²) in [6.07, 6.45) is 1.89. The second kappa shape index (κ2) is 11.8. The molecule has 2 N–H and O–H groups in total. The molecule has 0 amide bonds. The zero-order valence-corrected chi connectivity index (χ0v) is 19.1. The zero-order chi connectivity index (χ0) is 21.5. The zero-order valence-electron chi connectivity index (χ0n) is 17.1. The summed E-state index contributed by atoms with van der Waals surface area (Å²) in [6, 6.07) is 18.8. The fraction of sp³-hybridized carbons (Fsp3) is 0.125. The standard InChI is InChI=1S/C24H21F2NO3.Na/c25-19-12-16(13-20(26)14-19)15-30-21-8-6-18(7-9-21)22(10-11-23(27)24(28)29)17-4-2-1-3-5-17;/h1-10,12-14,23H,11,15,27H2,(H,28,29);/q;+1/p-1/b22-10-;. The summed E-state index contributed by atoms with van der Waals surface area (Å²) in [5.74, 6) is -2.09. The molecule has 1 atom stereocenters. The number of carbonyl (C=O) groups is 1. The van der Waals surface area contributed by atoms with Crippen LogP contribution >= 0.6 is 0 Å². The predicted molar refractivity (Wildman–Crippen MR) is 108 cm³/mol. The number of carbonyl (C=O) groups excluding carboxylic acids is 1. The Kier molecular flexibility index (Phi) is 9.40. The van der Waals surface area contributed by atoms with Crippen molar-refractivity contribution in [2.45, 2.75) is 19.1 Å². The van der Waals surface area contributed by atoms with Crippen LogP contribution in [0, 0.1) is 11.6 Å². The molecule has 0 aliphatic carbocycles. The second-order valence-corrected chi connectivity index (χ2v) is 6.74. The molecule has 0 fully saturated rings. The predicted octanol–water partition coefficient (Wildman–Crippen LogP) is 0.447. The van der Waals surface area contributed by atoms with Gasteiger partial charge < -0.3 is 20.4 Å². The Labute approximate surface area is 201 Å². The SMILES string of the molecule is NC(C/C=C(/c1ccccc1)c1ccc(OCc2cc(F)cc(F)c2)cc1)C(=O)[O-].[Na+]. The van der Waals surface area contributed by atoms with Crippen molar-refractivity contribution in [3.8, 4) is 5.75 Å². The van der Waals surface area contributed by atoms with E-state index in [1.54, 1.807) is 18.2 Å². The number of benzene rings is 3. The summed E-state index contributed by atoms with van der Waals surface area (Å²) < 4.78 is 32.2. The van der Waals surface area contributed by atoms with Crippen molar-refractivity contribution in [3.05, 3.63) is 107 Å². The summed E-state index contributed by atoms with van der Waals surface area (Å²) in [6.45, 7) is 0.0237. The monoisotopic (exact) mass is 431 g/mol. The first-order valence-corrected chi connectivity index (χ1v) is 9.32. The molecule has 0 radical (unpaired) electrons. The minimum atomic E-state index is -1.31. The van der Waals surface area contributed by atoms with Crippen molar-refractivity contribution in [3.63, 3.8) is 0 Å². The number of hydrogen-bond donors (Lipinski definition) is 1. The summed E-state index contributed by atoms with van der Waals surface area (Å²) in [7, 11) is 0. The van der Waals surface area contributed by atoms with Gasteiger partial charge in [-0.2, -0.15) is 0 Å². The van der Waals surface area contributed by atoms with Gasteiger partial charge in [-0.3, -0.25) is 0 Å². The molecule has 0 saturated carbocycles. The topological polar surface area (TPSA) is 75.4 Å². The van der Waals surface area contributed by atoms with Crippen LogP contribution in [-0.4, -0.2) is 12.0 Å². The van der Waals surface area contributed by atoms with E-state index in [-0.39, 0.29) is 42.6 Å². The third kappa shape index (κ3) is 7.29. The molecule has 7 heteroatoms. The van der Waals surface area contributed by atoms with Gasteiger partial charge in [0, 0.05) is 12.1 Å². The largest absolute Gasteiger partial charge is 1.00 e. The molecule has 4 nitrogen and oxygen atoms in total. The van der Waals surface area contributed by atoms with Crippen LogP contribution in [0.4, 0.5) is 8.78 Å². The first-order valence-electron chi connectivity index (χ1n) is 9.32. The van der Waals surface area contributed by atoms with Crippen molar-refractivity contribution in [2.75, 3.05) is 0 Å². The van der Waals surface area contributed by atoms with Gasteiger partial charge in [0.25, 0.3) is 0 Å². The van der Waals surface area contributed by atoms with Crippen molar-refractivity contribution >= 4 is 11.5 Å². The van der Waals surface area contributed by atoms with Gasteiger partial charge >= 0.3 is 29.6 Å². The average molecular weight is 431 g/mol. The normalized spacial score (nSPS) is 12.0. The summed E-state index contributed by atoms with van der Waals surface area (Å²) in [4.78, 5) is 10.9. The van der Waals surface area contributed by atoms with E-state index in [0.717, 1.165) is 22.8 Å².